The predicted molar refractivity (Wildman–Crippen MR) is 405 cm³/mol. The summed E-state index contributed by atoms with van der Waals surface area (Å²) in [5, 5.41) is 335. The molecule has 34 N–H and O–H groups in total. The van der Waals surface area contributed by atoms with Gasteiger partial charge in [-0.1, -0.05) is 0 Å². The summed E-state index contributed by atoms with van der Waals surface area (Å²) in [5.74, 6) is -10.3. The summed E-state index contributed by atoms with van der Waals surface area (Å²) >= 11 is 0. The number of nitrogens with one attached hydrogen (secondary N) is 5. The van der Waals surface area contributed by atoms with Crippen LogP contribution in [0, 0.1) is 0 Å². The van der Waals surface area contributed by atoms with Crippen LogP contribution in [0.3, 0.4) is 0 Å². The summed E-state index contributed by atoms with van der Waals surface area (Å²) in [6.45, 7) is -6.81. The molecule has 10 saturated heterocycles. The maximum absolute atomic E-state index is 13.3. The maximum Gasteiger partial charge on any atom is 0.364 e. The number of hydrogen-bond acceptors (Lipinski definition) is 53. The monoisotopic (exact) mass is 1930 g/mol. The fraction of sp³-hybridized carbons (Fsp3) is 0.918. The zero-order valence-corrected chi connectivity index (χ0v) is 70.8. The first-order valence-electron chi connectivity index (χ1n) is 41.8. The van der Waals surface area contributed by atoms with Gasteiger partial charge in [-0.15, -0.1) is 0 Å². The predicted octanol–water partition coefficient (Wildman–Crippen LogP) is -22.9. The SMILES string of the molecule is CC(=O)N[C@@H]1[C@H](O[C@@H]2[C@@H](O[C@@H]3[C@H](O)[C@H](O[C@H]4[C@H](O)[C@@H](NC(C)=O)[C@H](O[C@H]5[C@H](O)[C@@H](NC(C)=O)[C@H](O)O[C@@H]5CO[C@@H]5O[C@@H](C)[C@@H](O)[C@@H](O)[C@@H]5O)O[C@@H]4CO)O[C@H](CO[C@H]4O[C@H](CO)[C@@H](O)[C@H](O)[C@@H]4O[C@@H]4O[C@H](CO)[C@@H](O)[C@H](O)[C@H]4NC(C)=O)[C@H]3O)O[C@H](CO)[C@@H](O)[C@@H]2O)O[C@H](CO)[C@@H](O[C@@H]2O[C@H](CO[C@]3(C(=O)O)C[C@H](O)[C@@H](NC(=O)CO)[C@H]([C@H](O)[C@H](O)CO)O3)[C@H](O)[C@H](O)[C@H]2O)[C@@H]1O. The molecule has 59 heteroatoms. The summed E-state index contributed by atoms with van der Waals surface area (Å²) in [7, 11) is 0. The van der Waals surface area contributed by atoms with E-state index in [9.17, 15) is 177 Å². The first-order chi connectivity index (χ1) is 62.2. The highest BCUT2D eigenvalue weighted by Crippen LogP contribution is 2.42. The van der Waals surface area contributed by atoms with Crippen molar-refractivity contribution in [1.29, 1.82) is 0 Å². The molecule has 10 fully saturated rings. The van der Waals surface area contributed by atoms with E-state index in [1.54, 1.807) is 0 Å². The molecule has 0 aliphatic carbocycles. The number of amides is 5. The third-order valence-corrected chi connectivity index (χ3v) is 23.9. The number of carbonyl (C=O) groups is 6. The van der Waals surface area contributed by atoms with Crippen molar-refractivity contribution in [3.05, 3.63) is 0 Å². The third-order valence-electron chi connectivity index (χ3n) is 23.9. The van der Waals surface area contributed by atoms with E-state index in [0.29, 0.717) is 0 Å². The second kappa shape index (κ2) is 47.3. The Morgan fingerprint density at radius 1 is 0.341 bits per heavy atom. The zero-order valence-electron chi connectivity index (χ0n) is 70.8. The maximum atomic E-state index is 13.3. The molecule has 762 valence electrons. The summed E-state index contributed by atoms with van der Waals surface area (Å²) in [4.78, 5) is 76.9. The number of hydrogen-bond donors (Lipinski definition) is 34. The van der Waals surface area contributed by atoms with Crippen LogP contribution < -0.4 is 26.6 Å². The molecule has 0 aromatic rings. The smallest absolute Gasteiger partial charge is 0.364 e. The van der Waals surface area contributed by atoms with E-state index in [1.807, 2.05) is 0 Å². The lowest BCUT2D eigenvalue weighted by molar-refractivity contribution is -0.399. The molecule has 5 amide bonds. The van der Waals surface area contributed by atoms with Crippen LogP contribution in [-0.4, -0.2) is 562 Å². The Morgan fingerprint density at radius 2 is 0.712 bits per heavy atom. The van der Waals surface area contributed by atoms with Crippen LogP contribution in [0.25, 0.3) is 0 Å². The summed E-state index contributed by atoms with van der Waals surface area (Å²) in [5.41, 5.74) is 0. The van der Waals surface area contributed by atoms with Gasteiger partial charge in [-0.3, -0.25) is 24.0 Å². The van der Waals surface area contributed by atoms with Gasteiger partial charge in [0.1, 0.15) is 238 Å². The van der Waals surface area contributed by atoms with E-state index in [2.05, 4.69) is 26.6 Å². The lowest BCUT2D eigenvalue weighted by atomic mass is 9.88. The third kappa shape index (κ3) is 24.3. The highest BCUT2D eigenvalue weighted by molar-refractivity contribution is 5.78. The Bertz CT molecular complexity index is 3680. The second-order valence-corrected chi connectivity index (χ2v) is 33.2. The lowest BCUT2D eigenvalue weighted by Crippen LogP contribution is -2.71. The minimum absolute atomic E-state index is 0.854. The number of carboxylic acids is 1. The van der Waals surface area contributed by atoms with Crippen LogP contribution in [0.2, 0.25) is 0 Å². The minimum atomic E-state index is -3.17. The van der Waals surface area contributed by atoms with Crippen LogP contribution in [0.15, 0.2) is 0 Å². The number of aliphatic carboxylic acids is 1. The molecule has 0 saturated carbocycles. The zero-order chi connectivity index (χ0) is 97.6. The molecule has 10 heterocycles. The first kappa shape index (κ1) is 109. The Labute approximate surface area is 746 Å². The van der Waals surface area contributed by atoms with Crippen molar-refractivity contribution < 1.29 is 267 Å². The van der Waals surface area contributed by atoms with Gasteiger partial charge in [0.05, 0.1) is 77.7 Å². The van der Waals surface area contributed by atoms with Crippen LogP contribution >= 0.6 is 0 Å². The van der Waals surface area contributed by atoms with E-state index in [-0.39, 0.29) is 0 Å². The molecule has 10 aliphatic heterocycles. The van der Waals surface area contributed by atoms with Crippen molar-refractivity contribution in [3.8, 4) is 0 Å². The standard InChI is InChI=1S/C73H121N5O54/c1-17-38(93)49(104)53(108)67(117-17)114-15-31-58(46(101)34(63(111)118-31)74-18(2)86)126-65-36(76-20(4)88)47(102)57(28(12-84)122-65)128-69-55(110)60(44(99)29(124-69)14-115-70-61(51(106)41(96)25(9-81)120-70)130-64-35(75-19(3)87)45(100)40(95)24(8-80)119-64)129-71-62(52(107)42(97)26(10-82)121-71)131-66-37(77-21(5)89)48(103)56(27(11-83)123-66)127-68-54(109)50(105)43(98)30(125-68)16-116-73(72(112)113)6-22(90)33(78-32(92)13-85)59(132-73)39(94)23(91)7-79/h17,22-31,33-71,79-85,90-91,93-111H,6-16H2,1-5H3,(H,74,86)(H,75,87)(H,76,88)(H,77,89)(H,78,92)(H,112,113)/t17-,22-,23+,24+,25+,26+,27+,28+,29+,30+,31+,33+,34+,35+,36+,37-,38+,39+,40+,41+,42+,43-,44+,45+,46+,47+,48+,49+,50-,51-,52-,53-,54+,55-,56+,57+,58+,59+,60-,61-,62-,63+,64-,65-,66-,67+,68-,69-,70-,71+,73+/m0/s1. The van der Waals surface area contributed by atoms with E-state index < -0.39 is 420 Å². The molecule has 132 heavy (non-hydrogen) atoms. The summed E-state index contributed by atoms with van der Waals surface area (Å²) in [6, 6.07) is -9.58. The van der Waals surface area contributed by atoms with Crippen LogP contribution in [0.1, 0.15) is 41.0 Å². The number of rotatable bonds is 36. The minimum Gasteiger partial charge on any atom is -0.477 e. The number of carboxylic acid groups (broad SMARTS) is 1. The van der Waals surface area contributed by atoms with Gasteiger partial charge in [0.15, 0.2) is 56.6 Å². The van der Waals surface area contributed by atoms with Gasteiger partial charge in [-0.2, -0.15) is 0 Å². The number of aliphatic hydroxyl groups excluding tert-OH is 28. The van der Waals surface area contributed by atoms with Gasteiger partial charge in [0.2, 0.25) is 29.5 Å². The molecule has 51 atom stereocenters. The van der Waals surface area contributed by atoms with E-state index >= 15 is 0 Å². The van der Waals surface area contributed by atoms with Crippen molar-refractivity contribution in [3.63, 3.8) is 0 Å². The van der Waals surface area contributed by atoms with E-state index in [1.165, 1.54) is 6.92 Å². The Morgan fingerprint density at radius 3 is 1.20 bits per heavy atom. The van der Waals surface area contributed by atoms with E-state index in [0.717, 1.165) is 27.7 Å². The molecular weight excluding hydrogens is 1810 g/mol. The number of carbonyl (C=O) groups excluding carboxylic acids is 5. The molecule has 0 radical (unpaired) electrons. The van der Waals surface area contributed by atoms with Gasteiger partial charge in [0, 0.05) is 34.1 Å². The summed E-state index contributed by atoms with van der Waals surface area (Å²) in [6.07, 6.45) is -98.3. The first-order valence-corrected chi connectivity index (χ1v) is 41.8. The van der Waals surface area contributed by atoms with Gasteiger partial charge >= 0.3 is 5.97 Å². The molecular formula is C73H121N5O54. The highest BCUT2D eigenvalue weighted by Gasteiger charge is 2.63. The lowest BCUT2D eigenvalue weighted by Gasteiger charge is -2.51. The molecule has 0 aromatic carbocycles. The molecule has 10 aliphatic rings. The van der Waals surface area contributed by atoms with Gasteiger partial charge in [-0.25, -0.2) is 4.79 Å². The Balaban J connectivity index is 0.959. The molecule has 0 bridgehead atoms. The van der Waals surface area contributed by atoms with Gasteiger partial charge in [-0.05, 0) is 6.92 Å². The quantitative estimate of drug-likeness (QED) is 0.0277. The molecule has 59 nitrogen and oxygen atoms in total. The van der Waals surface area contributed by atoms with Crippen molar-refractivity contribution in [2.24, 2.45) is 0 Å². The van der Waals surface area contributed by atoms with Crippen molar-refractivity contribution in [2.75, 3.05) is 66.1 Å². The largest absolute Gasteiger partial charge is 0.477 e. The highest BCUT2D eigenvalue weighted by atomic mass is 16.8. The molecule has 10 rings (SSSR count). The van der Waals surface area contributed by atoms with Gasteiger partial charge in [0.25, 0.3) is 5.79 Å². The van der Waals surface area contributed by atoms with Gasteiger partial charge < -0.3 is 265 Å². The molecule has 0 spiro atoms. The Kier molecular flexibility index (Phi) is 39.0. The van der Waals surface area contributed by atoms with Crippen LogP contribution in [0.5, 0.6) is 0 Å². The normalized spacial score (nSPS) is 47.2. The van der Waals surface area contributed by atoms with Crippen molar-refractivity contribution in [2.45, 2.75) is 353 Å². The fourth-order valence-electron chi connectivity index (χ4n) is 16.8. The molecule has 0 unspecified atom stereocenters. The fourth-order valence-corrected chi connectivity index (χ4v) is 16.8. The van der Waals surface area contributed by atoms with Crippen molar-refractivity contribution >= 4 is 35.5 Å². The number of ether oxygens (including phenoxy) is 19. The Hall–Kier alpha value is -5.06. The topological polar surface area (TPSA) is 925 Å². The second-order valence-electron chi connectivity index (χ2n) is 33.2. The average Bonchev–Trinajstić information content (AvgIpc) is 0.761. The number of aliphatic hydroxyl groups is 28. The summed E-state index contributed by atoms with van der Waals surface area (Å²) < 4.78 is 113. The van der Waals surface area contributed by atoms with Crippen LogP contribution in [0.4, 0.5) is 0 Å². The van der Waals surface area contributed by atoms with E-state index in [4.69, 9.17) is 90.0 Å². The average molecular weight is 1930 g/mol. The van der Waals surface area contributed by atoms with Crippen molar-refractivity contribution in [1.82, 2.24) is 26.6 Å². The van der Waals surface area contributed by atoms with Crippen LogP contribution in [-0.2, 0) is 119 Å². The molecule has 0 aromatic heterocycles.